The van der Waals surface area contributed by atoms with E-state index in [4.69, 9.17) is 0 Å². The quantitative estimate of drug-likeness (QED) is 0.838. The van der Waals surface area contributed by atoms with E-state index in [9.17, 15) is 14.7 Å². The van der Waals surface area contributed by atoms with E-state index in [0.717, 1.165) is 19.3 Å². The Kier molecular flexibility index (Phi) is 3.64. The first-order valence-corrected chi connectivity index (χ1v) is 7.02. The minimum atomic E-state index is -0.750. The fourth-order valence-corrected chi connectivity index (χ4v) is 3.42. The molecule has 1 N–H and O–H groups in total. The molecule has 1 saturated carbocycles. The molecule has 0 aromatic rings. The van der Waals surface area contributed by atoms with Crippen LogP contribution in [0.5, 0.6) is 0 Å². The molecule has 1 saturated heterocycles. The molecule has 4 heteroatoms. The first-order valence-electron chi connectivity index (χ1n) is 7.02. The molecule has 0 radical (unpaired) electrons. The molecule has 102 valence electrons. The zero-order valence-electron chi connectivity index (χ0n) is 11.3. The SMILES string of the molecule is CCC1(C(=O)O)CCN(C(=O)C2CCCC2C)C1. The molecule has 18 heavy (non-hydrogen) atoms. The third kappa shape index (κ3) is 2.13. The largest absolute Gasteiger partial charge is 0.481 e. The lowest BCUT2D eigenvalue weighted by Gasteiger charge is -2.26. The normalized spacial score (nSPS) is 36.0. The zero-order chi connectivity index (χ0) is 13.3. The molecule has 1 aliphatic carbocycles. The lowest BCUT2D eigenvalue weighted by molar-refractivity contribution is -0.149. The topological polar surface area (TPSA) is 57.6 Å². The van der Waals surface area contributed by atoms with Gasteiger partial charge in [0, 0.05) is 19.0 Å². The maximum Gasteiger partial charge on any atom is 0.311 e. The summed E-state index contributed by atoms with van der Waals surface area (Å²) in [6.45, 7) is 5.05. The molecular weight excluding hydrogens is 230 g/mol. The van der Waals surface area contributed by atoms with Gasteiger partial charge in [-0.3, -0.25) is 9.59 Å². The molecule has 2 fully saturated rings. The Bertz CT molecular complexity index is 355. The summed E-state index contributed by atoms with van der Waals surface area (Å²) in [6.07, 6.45) is 4.44. The lowest BCUT2D eigenvalue weighted by atomic mass is 9.84. The molecule has 2 rings (SSSR count). The summed E-state index contributed by atoms with van der Waals surface area (Å²) in [5.41, 5.74) is -0.697. The third-order valence-corrected chi connectivity index (χ3v) is 4.97. The average molecular weight is 253 g/mol. The molecule has 3 unspecified atom stereocenters. The van der Waals surface area contributed by atoms with Crippen molar-refractivity contribution >= 4 is 11.9 Å². The van der Waals surface area contributed by atoms with Gasteiger partial charge in [0.1, 0.15) is 0 Å². The molecule has 3 atom stereocenters. The summed E-state index contributed by atoms with van der Waals surface area (Å²) < 4.78 is 0. The maximum atomic E-state index is 12.4. The molecule has 4 nitrogen and oxygen atoms in total. The summed E-state index contributed by atoms with van der Waals surface area (Å²) >= 11 is 0. The van der Waals surface area contributed by atoms with Crippen LogP contribution in [0.1, 0.15) is 46.0 Å². The molecule has 0 bridgehead atoms. The number of carboxylic acids is 1. The van der Waals surface area contributed by atoms with E-state index >= 15 is 0 Å². The van der Waals surface area contributed by atoms with Crippen molar-refractivity contribution in [2.75, 3.05) is 13.1 Å². The predicted molar refractivity (Wildman–Crippen MR) is 68.1 cm³/mol. The molecule has 0 aromatic heterocycles. The van der Waals surface area contributed by atoms with Crippen molar-refractivity contribution < 1.29 is 14.7 Å². The van der Waals surface area contributed by atoms with Gasteiger partial charge in [-0.2, -0.15) is 0 Å². The van der Waals surface area contributed by atoms with Crippen LogP contribution in [0.3, 0.4) is 0 Å². The first kappa shape index (κ1) is 13.4. The fourth-order valence-electron chi connectivity index (χ4n) is 3.42. The van der Waals surface area contributed by atoms with Gasteiger partial charge in [0.2, 0.25) is 5.91 Å². The van der Waals surface area contributed by atoms with Gasteiger partial charge in [0.05, 0.1) is 5.41 Å². The van der Waals surface area contributed by atoms with Crippen molar-refractivity contribution in [3.8, 4) is 0 Å². The smallest absolute Gasteiger partial charge is 0.311 e. The van der Waals surface area contributed by atoms with Crippen molar-refractivity contribution in [3.63, 3.8) is 0 Å². The van der Waals surface area contributed by atoms with Crippen LogP contribution in [0.25, 0.3) is 0 Å². The van der Waals surface area contributed by atoms with E-state index in [0.29, 0.717) is 31.8 Å². The number of hydrogen-bond donors (Lipinski definition) is 1. The summed E-state index contributed by atoms with van der Waals surface area (Å²) in [6, 6.07) is 0. The highest BCUT2D eigenvalue weighted by Crippen LogP contribution is 2.38. The Morgan fingerprint density at radius 3 is 2.56 bits per heavy atom. The summed E-state index contributed by atoms with van der Waals surface area (Å²) in [7, 11) is 0. The minimum Gasteiger partial charge on any atom is -0.481 e. The fraction of sp³-hybridized carbons (Fsp3) is 0.857. The summed E-state index contributed by atoms with van der Waals surface area (Å²) in [4.78, 5) is 25.6. The molecule has 1 heterocycles. The van der Waals surface area contributed by atoms with E-state index in [1.807, 2.05) is 6.92 Å². The second-order valence-corrected chi connectivity index (χ2v) is 5.96. The van der Waals surface area contributed by atoms with Crippen molar-refractivity contribution in [2.45, 2.75) is 46.0 Å². The van der Waals surface area contributed by atoms with Crippen LogP contribution in [0.15, 0.2) is 0 Å². The molecule has 2 aliphatic rings. The second-order valence-electron chi connectivity index (χ2n) is 5.96. The van der Waals surface area contributed by atoms with Crippen LogP contribution >= 0.6 is 0 Å². The van der Waals surface area contributed by atoms with Crippen LogP contribution in [0, 0.1) is 17.3 Å². The van der Waals surface area contributed by atoms with Gasteiger partial charge in [-0.25, -0.2) is 0 Å². The monoisotopic (exact) mass is 253 g/mol. The molecule has 0 spiro atoms. The Labute approximate surface area is 108 Å². The van der Waals surface area contributed by atoms with Gasteiger partial charge < -0.3 is 10.0 Å². The first-order chi connectivity index (χ1) is 8.50. The number of likely N-dealkylation sites (tertiary alicyclic amines) is 1. The summed E-state index contributed by atoms with van der Waals surface area (Å²) in [5, 5.41) is 9.34. The van der Waals surface area contributed by atoms with Crippen molar-refractivity contribution in [1.29, 1.82) is 0 Å². The van der Waals surface area contributed by atoms with Gasteiger partial charge in [-0.15, -0.1) is 0 Å². The highest BCUT2D eigenvalue weighted by atomic mass is 16.4. The highest BCUT2D eigenvalue weighted by molar-refractivity contribution is 5.82. The van der Waals surface area contributed by atoms with E-state index < -0.39 is 11.4 Å². The third-order valence-electron chi connectivity index (χ3n) is 4.97. The Balaban J connectivity index is 2.04. The van der Waals surface area contributed by atoms with Gasteiger partial charge in [0.25, 0.3) is 0 Å². The number of aliphatic carboxylic acids is 1. The highest BCUT2D eigenvalue weighted by Gasteiger charge is 2.46. The Hall–Kier alpha value is -1.06. The van der Waals surface area contributed by atoms with E-state index in [1.54, 1.807) is 4.90 Å². The minimum absolute atomic E-state index is 0.131. The van der Waals surface area contributed by atoms with Crippen LogP contribution in [-0.2, 0) is 9.59 Å². The maximum absolute atomic E-state index is 12.4. The number of carbonyl (C=O) groups is 2. The number of rotatable bonds is 3. The number of nitrogens with zero attached hydrogens (tertiary/aromatic N) is 1. The Morgan fingerprint density at radius 2 is 2.11 bits per heavy atom. The second kappa shape index (κ2) is 4.90. The van der Waals surface area contributed by atoms with Crippen molar-refractivity contribution in [3.05, 3.63) is 0 Å². The molecule has 1 aliphatic heterocycles. The average Bonchev–Trinajstić information content (AvgIpc) is 2.95. The zero-order valence-corrected chi connectivity index (χ0v) is 11.3. The van der Waals surface area contributed by atoms with E-state index in [2.05, 4.69) is 6.92 Å². The van der Waals surface area contributed by atoms with Crippen molar-refractivity contribution in [2.24, 2.45) is 17.3 Å². The van der Waals surface area contributed by atoms with Gasteiger partial charge in [0.15, 0.2) is 0 Å². The summed E-state index contributed by atoms with van der Waals surface area (Å²) in [5.74, 6) is 0.0294. The van der Waals surface area contributed by atoms with Gasteiger partial charge >= 0.3 is 5.97 Å². The van der Waals surface area contributed by atoms with Crippen LogP contribution in [0.2, 0.25) is 0 Å². The van der Waals surface area contributed by atoms with Gasteiger partial charge in [-0.05, 0) is 31.6 Å². The molecule has 1 amide bonds. The molecular formula is C14H23NO3. The lowest BCUT2D eigenvalue weighted by Crippen LogP contribution is -2.39. The van der Waals surface area contributed by atoms with Crippen LogP contribution < -0.4 is 0 Å². The molecule has 0 aromatic carbocycles. The number of carbonyl (C=O) groups excluding carboxylic acids is 1. The predicted octanol–water partition coefficient (Wildman–Crippen LogP) is 2.14. The number of hydrogen-bond acceptors (Lipinski definition) is 2. The van der Waals surface area contributed by atoms with E-state index in [1.165, 1.54) is 0 Å². The van der Waals surface area contributed by atoms with E-state index in [-0.39, 0.29) is 11.8 Å². The van der Waals surface area contributed by atoms with Crippen LogP contribution in [-0.4, -0.2) is 35.0 Å². The number of carboxylic acid groups (broad SMARTS) is 1. The van der Waals surface area contributed by atoms with Crippen LogP contribution in [0.4, 0.5) is 0 Å². The Morgan fingerprint density at radius 1 is 1.39 bits per heavy atom. The number of amides is 1. The standard InChI is InChI=1S/C14H23NO3/c1-3-14(13(17)18)7-8-15(9-14)12(16)11-6-4-5-10(11)2/h10-11H,3-9H2,1-2H3,(H,17,18). The van der Waals surface area contributed by atoms with Gasteiger partial charge in [-0.1, -0.05) is 20.3 Å². The van der Waals surface area contributed by atoms with Crippen molar-refractivity contribution in [1.82, 2.24) is 4.90 Å².